The number of carbonyl (C=O) groups is 1. The number of nitrogens with zero attached hydrogens (tertiary/aromatic N) is 3. The Kier molecular flexibility index (Phi) is 5.47. The summed E-state index contributed by atoms with van der Waals surface area (Å²) in [6.07, 6.45) is 3.72. The number of amides is 1. The first-order chi connectivity index (χ1) is 12.5. The Hall–Kier alpha value is -2.53. The Labute approximate surface area is 158 Å². The van der Waals surface area contributed by atoms with E-state index in [1.54, 1.807) is 25.2 Å². The van der Waals surface area contributed by atoms with Gasteiger partial charge in [0.15, 0.2) is 5.16 Å². The summed E-state index contributed by atoms with van der Waals surface area (Å²) in [7, 11) is 3.57. The molecule has 1 atom stereocenters. The predicted molar refractivity (Wildman–Crippen MR) is 107 cm³/mol. The summed E-state index contributed by atoms with van der Waals surface area (Å²) < 4.78 is 2.04. The maximum absolute atomic E-state index is 12.8. The zero-order valence-corrected chi connectivity index (χ0v) is 16.3. The maximum Gasteiger partial charge on any atom is 0.240 e. The van der Waals surface area contributed by atoms with Gasteiger partial charge < -0.3 is 4.90 Å². The van der Waals surface area contributed by atoms with E-state index < -0.39 is 0 Å². The Bertz CT molecular complexity index is 903. The van der Waals surface area contributed by atoms with Gasteiger partial charge in [-0.25, -0.2) is 4.98 Å². The molecule has 1 unspecified atom stereocenters. The second-order valence-electron chi connectivity index (χ2n) is 6.49. The van der Waals surface area contributed by atoms with Gasteiger partial charge in [0, 0.05) is 32.2 Å². The molecule has 2 aromatic carbocycles. The fraction of sp³-hybridized carbons (Fsp3) is 0.238. The van der Waals surface area contributed by atoms with Gasteiger partial charge in [-0.15, -0.1) is 0 Å². The summed E-state index contributed by atoms with van der Waals surface area (Å²) in [5.74, 6) is 0.0517. The van der Waals surface area contributed by atoms with Crippen molar-refractivity contribution < 1.29 is 4.79 Å². The van der Waals surface area contributed by atoms with E-state index >= 15 is 0 Å². The Balaban J connectivity index is 1.97. The van der Waals surface area contributed by atoms with Crippen molar-refractivity contribution in [2.45, 2.75) is 24.3 Å². The molecule has 0 aliphatic carbocycles. The summed E-state index contributed by atoms with van der Waals surface area (Å²) >= 11 is 1.48. The monoisotopic (exact) mass is 365 g/mol. The van der Waals surface area contributed by atoms with E-state index in [0.717, 1.165) is 16.4 Å². The van der Waals surface area contributed by atoms with Crippen LogP contribution in [-0.2, 0) is 4.79 Å². The third-order valence-electron chi connectivity index (χ3n) is 4.37. The minimum Gasteiger partial charge on any atom is -0.348 e. The topological polar surface area (TPSA) is 38.1 Å². The van der Waals surface area contributed by atoms with E-state index in [1.807, 2.05) is 41.1 Å². The lowest BCUT2D eigenvalue weighted by molar-refractivity contribution is -0.128. The molecule has 0 aliphatic rings. The summed E-state index contributed by atoms with van der Waals surface area (Å²) in [4.78, 5) is 18.9. The van der Waals surface area contributed by atoms with Gasteiger partial charge >= 0.3 is 0 Å². The molecular weight excluding hydrogens is 342 g/mol. The summed E-state index contributed by atoms with van der Waals surface area (Å²) in [5, 5.41) is 0.469. The molecule has 1 heterocycles. The number of rotatable bonds is 5. The lowest BCUT2D eigenvalue weighted by atomic mass is 10.1. The lowest BCUT2D eigenvalue weighted by Crippen LogP contribution is -2.26. The van der Waals surface area contributed by atoms with E-state index in [0.29, 0.717) is 0 Å². The van der Waals surface area contributed by atoms with Gasteiger partial charge in [-0.1, -0.05) is 48.2 Å². The van der Waals surface area contributed by atoms with Gasteiger partial charge in [0.2, 0.25) is 5.91 Å². The van der Waals surface area contributed by atoms with Gasteiger partial charge in [0.05, 0.1) is 0 Å². The molecule has 134 valence electrons. The average molecular weight is 366 g/mol. The average Bonchev–Trinajstić information content (AvgIpc) is 3.10. The largest absolute Gasteiger partial charge is 0.348 e. The molecule has 0 spiro atoms. The van der Waals surface area contributed by atoms with Crippen LogP contribution in [0.1, 0.15) is 21.9 Å². The molecule has 0 radical (unpaired) electrons. The van der Waals surface area contributed by atoms with E-state index in [1.165, 1.54) is 22.9 Å². The zero-order chi connectivity index (χ0) is 18.7. The van der Waals surface area contributed by atoms with Gasteiger partial charge in [-0.2, -0.15) is 0 Å². The molecule has 26 heavy (non-hydrogen) atoms. The quantitative estimate of drug-likeness (QED) is 0.629. The Morgan fingerprint density at radius 2 is 1.81 bits per heavy atom. The standard InChI is InChI=1S/C21H23N3OS/c1-15-10-11-18(14-16(15)2)24-13-12-22-21(24)26-19(20(25)23(3)4)17-8-6-5-7-9-17/h5-14,19H,1-4H3. The molecule has 1 aromatic heterocycles. The van der Waals surface area contributed by atoms with Gasteiger partial charge in [-0.05, 0) is 42.7 Å². The summed E-state index contributed by atoms with van der Waals surface area (Å²) in [5.41, 5.74) is 4.52. The number of thioether (sulfide) groups is 1. The molecule has 1 amide bonds. The predicted octanol–water partition coefficient (Wildman–Crippen LogP) is 4.41. The highest BCUT2D eigenvalue weighted by Crippen LogP contribution is 2.36. The normalized spacial score (nSPS) is 12.0. The van der Waals surface area contributed by atoms with Crippen LogP contribution < -0.4 is 0 Å². The van der Waals surface area contributed by atoms with Crippen LogP contribution in [0.5, 0.6) is 0 Å². The van der Waals surface area contributed by atoms with Crippen molar-refractivity contribution in [3.8, 4) is 5.69 Å². The Morgan fingerprint density at radius 3 is 2.46 bits per heavy atom. The highest BCUT2D eigenvalue weighted by Gasteiger charge is 2.25. The summed E-state index contributed by atoms with van der Waals surface area (Å²) in [6.45, 7) is 4.20. The van der Waals surface area contributed by atoms with Crippen LogP contribution in [0.25, 0.3) is 5.69 Å². The van der Waals surface area contributed by atoms with Crippen molar-refractivity contribution in [2.24, 2.45) is 0 Å². The third-order valence-corrected chi connectivity index (χ3v) is 5.59. The van der Waals surface area contributed by atoms with E-state index in [4.69, 9.17) is 0 Å². The highest BCUT2D eigenvalue weighted by atomic mass is 32.2. The van der Waals surface area contributed by atoms with E-state index in [9.17, 15) is 4.79 Å². The first-order valence-corrected chi connectivity index (χ1v) is 9.39. The lowest BCUT2D eigenvalue weighted by Gasteiger charge is -2.20. The van der Waals surface area contributed by atoms with Crippen LogP contribution in [0.15, 0.2) is 66.1 Å². The molecule has 0 N–H and O–H groups in total. The van der Waals surface area contributed by atoms with Crippen molar-refractivity contribution in [3.05, 3.63) is 77.6 Å². The van der Waals surface area contributed by atoms with Gasteiger partial charge in [0.1, 0.15) is 5.25 Å². The van der Waals surface area contributed by atoms with Crippen LogP contribution in [-0.4, -0.2) is 34.5 Å². The van der Waals surface area contributed by atoms with Crippen LogP contribution >= 0.6 is 11.8 Å². The molecule has 0 aliphatic heterocycles. The smallest absolute Gasteiger partial charge is 0.240 e. The zero-order valence-electron chi connectivity index (χ0n) is 15.5. The second kappa shape index (κ2) is 7.79. The molecule has 0 saturated heterocycles. The van der Waals surface area contributed by atoms with Crippen molar-refractivity contribution in [2.75, 3.05) is 14.1 Å². The molecule has 4 nitrogen and oxygen atoms in total. The van der Waals surface area contributed by atoms with Crippen molar-refractivity contribution >= 4 is 17.7 Å². The number of hydrogen-bond acceptors (Lipinski definition) is 3. The molecule has 3 rings (SSSR count). The molecule has 5 heteroatoms. The third kappa shape index (κ3) is 3.83. The number of likely N-dealkylation sites (N-methyl/N-ethyl adjacent to an activating group) is 1. The molecule has 0 saturated carbocycles. The van der Waals surface area contributed by atoms with Crippen LogP contribution in [0.2, 0.25) is 0 Å². The van der Waals surface area contributed by atoms with Crippen LogP contribution in [0.4, 0.5) is 0 Å². The van der Waals surface area contributed by atoms with Crippen LogP contribution in [0.3, 0.4) is 0 Å². The summed E-state index contributed by atoms with van der Waals surface area (Å²) in [6, 6.07) is 16.2. The first kappa shape index (κ1) is 18.3. The Morgan fingerprint density at radius 1 is 1.08 bits per heavy atom. The fourth-order valence-electron chi connectivity index (χ4n) is 2.68. The maximum atomic E-state index is 12.8. The minimum absolute atomic E-state index is 0.0517. The molecule has 3 aromatic rings. The number of aryl methyl sites for hydroxylation is 2. The SMILES string of the molecule is Cc1ccc(-n2ccnc2SC(C(=O)N(C)C)c2ccccc2)cc1C. The second-order valence-corrected chi connectivity index (χ2v) is 7.56. The van der Waals surface area contributed by atoms with Crippen molar-refractivity contribution in [3.63, 3.8) is 0 Å². The van der Waals surface area contributed by atoms with Crippen molar-refractivity contribution in [1.29, 1.82) is 0 Å². The van der Waals surface area contributed by atoms with E-state index in [-0.39, 0.29) is 11.2 Å². The number of aromatic nitrogens is 2. The van der Waals surface area contributed by atoms with Gasteiger partial charge in [-0.3, -0.25) is 9.36 Å². The van der Waals surface area contributed by atoms with E-state index in [2.05, 4.69) is 37.0 Å². The number of imidazole rings is 1. The van der Waals surface area contributed by atoms with Crippen molar-refractivity contribution in [1.82, 2.24) is 14.5 Å². The first-order valence-electron chi connectivity index (χ1n) is 8.51. The molecular formula is C21H23N3OS. The van der Waals surface area contributed by atoms with Gasteiger partial charge in [0.25, 0.3) is 0 Å². The number of carbonyl (C=O) groups excluding carboxylic acids is 1. The fourth-order valence-corrected chi connectivity index (χ4v) is 3.89. The highest BCUT2D eigenvalue weighted by molar-refractivity contribution is 8.00. The minimum atomic E-state index is -0.334. The molecule has 0 fully saturated rings. The number of hydrogen-bond donors (Lipinski definition) is 0. The van der Waals surface area contributed by atoms with Crippen LogP contribution in [0, 0.1) is 13.8 Å². The molecule has 0 bridgehead atoms. The number of benzene rings is 2.